The first-order valence-corrected chi connectivity index (χ1v) is 10.3. The number of aromatic nitrogens is 7. The maximum atomic E-state index is 13.5. The molecule has 0 fully saturated rings. The average molecular weight is 464 g/mol. The lowest BCUT2D eigenvalue weighted by atomic mass is 10.1. The third kappa shape index (κ3) is 3.57. The molecule has 1 aromatic carbocycles. The lowest BCUT2D eigenvalue weighted by molar-refractivity contribution is 0.425. The van der Waals surface area contributed by atoms with Crippen molar-refractivity contribution in [2.75, 3.05) is 11.1 Å². The number of pyridine rings is 1. The molecule has 0 saturated carbocycles. The highest BCUT2D eigenvalue weighted by Gasteiger charge is 2.22. The van der Waals surface area contributed by atoms with Gasteiger partial charge in [-0.05, 0) is 32.0 Å². The number of rotatable bonds is 5. The SMILES string of the molecule is Cc1noc(-c2c(N)ncnc2NC(C)c2cc3c(Cl)cccc3c(=O)n2-c2ccn[nH]2)n1. The van der Waals surface area contributed by atoms with E-state index in [9.17, 15) is 4.79 Å². The summed E-state index contributed by atoms with van der Waals surface area (Å²) < 4.78 is 6.83. The van der Waals surface area contributed by atoms with Crippen LogP contribution in [0.25, 0.3) is 28.0 Å². The van der Waals surface area contributed by atoms with Crippen molar-refractivity contribution in [3.05, 3.63) is 69.8 Å². The van der Waals surface area contributed by atoms with Crippen molar-refractivity contribution in [2.24, 2.45) is 0 Å². The normalized spacial score (nSPS) is 12.2. The van der Waals surface area contributed by atoms with E-state index in [1.807, 2.05) is 13.0 Å². The summed E-state index contributed by atoms with van der Waals surface area (Å²) in [4.78, 5) is 26.1. The van der Waals surface area contributed by atoms with Crippen LogP contribution in [0.1, 0.15) is 24.5 Å². The largest absolute Gasteiger partial charge is 0.383 e. The predicted octanol–water partition coefficient (Wildman–Crippen LogP) is 3.27. The number of nitrogens with zero attached hydrogens (tertiary/aromatic N) is 6. The molecule has 5 aromatic rings. The van der Waals surface area contributed by atoms with Crippen LogP contribution in [-0.4, -0.2) is 34.9 Å². The summed E-state index contributed by atoms with van der Waals surface area (Å²) in [6, 6.07) is 8.36. The maximum absolute atomic E-state index is 13.5. The van der Waals surface area contributed by atoms with E-state index in [1.165, 1.54) is 6.33 Å². The number of hydrogen-bond acceptors (Lipinski definition) is 9. The van der Waals surface area contributed by atoms with Crippen LogP contribution in [0.3, 0.4) is 0 Å². The lowest BCUT2D eigenvalue weighted by Gasteiger charge is -2.21. The van der Waals surface area contributed by atoms with Crippen LogP contribution in [-0.2, 0) is 0 Å². The molecule has 5 rings (SSSR count). The van der Waals surface area contributed by atoms with Crippen LogP contribution < -0.4 is 16.6 Å². The maximum Gasteiger partial charge on any atom is 0.265 e. The molecule has 0 bridgehead atoms. The van der Waals surface area contributed by atoms with Crippen LogP contribution in [0.2, 0.25) is 5.02 Å². The molecule has 4 heterocycles. The number of nitrogens with two attached hydrogens (primary N) is 1. The smallest absolute Gasteiger partial charge is 0.265 e. The van der Waals surface area contributed by atoms with Gasteiger partial charge in [0, 0.05) is 21.9 Å². The zero-order valence-corrected chi connectivity index (χ0v) is 18.3. The first kappa shape index (κ1) is 20.6. The number of aromatic amines is 1. The number of aryl methyl sites for hydroxylation is 1. The zero-order valence-electron chi connectivity index (χ0n) is 17.6. The summed E-state index contributed by atoms with van der Waals surface area (Å²) in [6.45, 7) is 3.58. The van der Waals surface area contributed by atoms with Crippen molar-refractivity contribution in [3.8, 4) is 17.3 Å². The summed E-state index contributed by atoms with van der Waals surface area (Å²) in [6.07, 6.45) is 2.91. The van der Waals surface area contributed by atoms with Gasteiger partial charge in [-0.1, -0.05) is 22.8 Å². The Morgan fingerprint density at radius 2 is 2.09 bits per heavy atom. The van der Waals surface area contributed by atoms with Gasteiger partial charge in [0.15, 0.2) is 5.82 Å². The molecule has 4 aromatic heterocycles. The van der Waals surface area contributed by atoms with Gasteiger partial charge in [-0.25, -0.2) is 9.97 Å². The Morgan fingerprint density at radius 3 is 2.82 bits per heavy atom. The first-order valence-electron chi connectivity index (χ1n) is 9.95. The number of nitrogen functional groups attached to an aromatic ring is 1. The van der Waals surface area contributed by atoms with Crippen LogP contribution in [0, 0.1) is 6.92 Å². The van der Waals surface area contributed by atoms with E-state index < -0.39 is 6.04 Å². The Morgan fingerprint density at radius 1 is 1.24 bits per heavy atom. The van der Waals surface area contributed by atoms with Crippen molar-refractivity contribution in [3.63, 3.8) is 0 Å². The van der Waals surface area contributed by atoms with Gasteiger partial charge < -0.3 is 15.6 Å². The second-order valence-electron chi connectivity index (χ2n) is 7.35. The molecule has 33 heavy (non-hydrogen) atoms. The van der Waals surface area contributed by atoms with E-state index in [2.05, 4.69) is 35.6 Å². The number of anilines is 2. The van der Waals surface area contributed by atoms with Gasteiger partial charge in [-0.2, -0.15) is 10.1 Å². The van der Waals surface area contributed by atoms with Crippen molar-refractivity contribution < 1.29 is 4.52 Å². The standard InChI is InChI=1S/C21H18ClN9O2/c1-10(27-19-17(18(23)24-9-25-19)20-28-11(2)30-33-20)15-8-13-12(4-3-5-14(13)22)21(32)31(15)16-6-7-26-29-16/h3-10H,1-2H3,(H,26,29)(H3,23,24,25,27). The quantitative estimate of drug-likeness (QED) is 0.356. The fraction of sp³-hybridized carbons (Fsp3) is 0.143. The highest BCUT2D eigenvalue weighted by atomic mass is 35.5. The van der Waals surface area contributed by atoms with E-state index in [0.29, 0.717) is 44.5 Å². The van der Waals surface area contributed by atoms with Gasteiger partial charge in [0.1, 0.15) is 29.3 Å². The van der Waals surface area contributed by atoms with E-state index in [1.54, 1.807) is 42.0 Å². The Bertz CT molecular complexity index is 1530. The average Bonchev–Trinajstić information content (AvgIpc) is 3.46. The molecule has 11 nitrogen and oxygen atoms in total. The van der Waals surface area contributed by atoms with Gasteiger partial charge >= 0.3 is 0 Å². The summed E-state index contributed by atoms with van der Waals surface area (Å²) in [7, 11) is 0. The molecular formula is C21H18ClN9O2. The topological polar surface area (TPSA) is 153 Å². The highest BCUT2D eigenvalue weighted by molar-refractivity contribution is 6.35. The van der Waals surface area contributed by atoms with Crippen LogP contribution in [0.15, 0.2) is 52.2 Å². The van der Waals surface area contributed by atoms with Gasteiger partial charge in [-0.15, -0.1) is 0 Å². The molecule has 0 aliphatic carbocycles. The Kier molecular flexibility index (Phi) is 5.02. The monoisotopic (exact) mass is 463 g/mol. The first-order chi connectivity index (χ1) is 15.9. The second-order valence-corrected chi connectivity index (χ2v) is 7.76. The number of halogens is 1. The molecule has 0 amide bonds. The summed E-state index contributed by atoms with van der Waals surface area (Å²) >= 11 is 6.42. The minimum absolute atomic E-state index is 0.177. The van der Waals surface area contributed by atoms with E-state index in [-0.39, 0.29) is 17.3 Å². The molecule has 0 aliphatic rings. The Balaban J connectivity index is 1.67. The second kappa shape index (κ2) is 8.02. The van der Waals surface area contributed by atoms with Gasteiger partial charge in [0.05, 0.1) is 17.9 Å². The molecule has 1 atom stereocenters. The summed E-state index contributed by atoms with van der Waals surface area (Å²) in [5.41, 5.74) is 6.85. The number of nitrogens with one attached hydrogen (secondary N) is 2. The van der Waals surface area contributed by atoms with Gasteiger partial charge in [-0.3, -0.25) is 14.5 Å². The van der Waals surface area contributed by atoms with Crippen molar-refractivity contribution >= 4 is 34.0 Å². The van der Waals surface area contributed by atoms with E-state index in [4.69, 9.17) is 21.9 Å². The van der Waals surface area contributed by atoms with Crippen LogP contribution in [0.4, 0.5) is 11.6 Å². The summed E-state index contributed by atoms with van der Waals surface area (Å²) in [5, 5.41) is 15.6. The minimum Gasteiger partial charge on any atom is -0.383 e. The molecular weight excluding hydrogens is 446 g/mol. The summed E-state index contributed by atoms with van der Waals surface area (Å²) in [5.74, 6) is 1.70. The van der Waals surface area contributed by atoms with Crippen molar-refractivity contribution in [1.82, 2.24) is 34.9 Å². The number of H-pyrrole nitrogens is 1. The Labute approximate surface area is 191 Å². The zero-order chi connectivity index (χ0) is 23.1. The van der Waals surface area contributed by atoms with E-state index >= 15 is 0 Å². The fourth-order valence-electron chi connectivity index (χ4n) is 3.66. The fourth-order valence-corrected chi connectivity index (χ4v) is 3.89. The van der Waals surface area contributed by atoms with Gasteiger partial charge in [0.2, 0.25) is 0 Å². The molecule has 0 spiro atoms. The molecule has 0 saturated heterocycles. The van der Waals surface area contributed by atoms with Gasteiger partial charge in [0.25, 0.3) is 11.4 Å². The van der Waals surface area contributed by atoms with Crippen molar-refractivity contribution in [2.45, 2.75) is 19.9 Å². The molecule has 12 heteroatoms. The molecule has 0 radical (unpaired) electrons. The Hall–Kier alpha value is -4.25. The highest BCUT2D eigenvalue weighted by Crippen LogP contribution is 2.32. The lowest BCUT2D eigenvalue weighted by Crippen LogP contribution is -2.26. The predicted molar refractivity (Wildman–Crippen MR) is 123 cm³/mol. The van der Waals surface area contributed by atoms with Crippen LogP contribution >= 0.6 is 11.6 Å². The molecule has 4 N–H and O–H groups in total. The molecule has 0 aliphatic heterocycles. The third-order valence-corrected chi connectivity index (χ3v) is 5.51. The van der Waals surface area contributed by atoms with Crippen molar-refractivity contribution in [1.29, 1.82) is 0 Å². The number of hydrogen-bond donors (Lipinski definition) is 3. The number of benzene rings is 1. The van der Waals surface area contributed by atoms with E-state index in [0.717, 1.165) is 0 Å². The minimum atomic E-state index is -0.432. The van der Waals surface area contributed by atoms with Crippen LogP contribution in [0.5, 0.6) is 0 Å². The number of fused-ring (bicyclic) bond motifs is 1. The molecule has 1 unspecified atom stereocenters. The third-order valence-electron chi connectivity index (χ3n) is 5.18. The molecule has 166 valence electrons.